The molecule has 96 valence electrons. The van der Waals surface area contributed by atoms with Crippen LogP contribution in [0.15, 0.2) is 41.0 Å². The van der Waals surface area contributed by atoms with E-state index in [-0.39, 0.29) is 0 Å². The molecule has 0 aliphatic carbocycles. The Kier molecular flexibility index (Phi) is 3.17. The molecular formula is C13H8BrCl2N3. The lowest BCUT2D eigenvalue weighted by molar-refractivity contribution is 1.20. The lowest BCUT2D eigenvalue weighted by atomic mass is 10.1. The van der Waals surface area contributed by atoms with Crippen molar-refractivity contribution in [2.24, 2.45) is 0 Å². The van der Waals surface area contributed by atoms with Crippen molar-refractivity contribution in [3.63, 3.8) is 0 Å². The molecule has 3 aromatic rings. The Balaban J connectivity index is 2.35. The number of benzene rings is 1. The minimum Gasteiger partial charge on any atom is -0.383 e. The largest absolute Gasteiger partial charge is 0.383 e. The third-order valence-corrected chi connectivity index (χ3v) is 3.98. The molecule has 0 aliphatic heterocycles. The maximum Gasteiger partial charge on any atom is 0.158 e. The summed E-state index contributed by atoms with van der Waals surface area (Å²) < 4.78 is 2.62. The summed E-state index contributed by atoms with van der Waals surface area (Å²) in [5.41, 5.74) is 8.32. The van der Waals surface area contributed by atoms with Crippen LogP contribution in [0.5, 0.6) is 0 Å². The predicted molar refractivity (Wildman–Crippen MR) is 82.8 cm³/mol. The lowest BCUT2D eigenvalue weighted by Crippen LogP contribution is -1.94. The SMILES string of the molecule is Nc1c(-c2ccccc2Br)nc2c(Cl)cc(Cl)cn12. The Morgan fingerprint density at radius 1 is 1.21 bits per heavy atom. The number of halogens is 3. The van der Waals surface area contributed by atoms with Gasteiger partial charge in [0, 0.05) is 16.2 Å². The molecule has 0 unspecified atom stereocenters. The fourth-order valence-corrected chi connectivity index (χ4v) is 2.93. The van der Waals surface area contributed by atoms with Crippen LogP contribution in [0.4, 0.5) is 5.82 Å². The van der Waals surface area contributed by atoms with E-state index in [1.165, 1.54) is 0 Å². The average molecular weight is 357 g/mol. The molecule has 19 heavy (non-hydrogen) atoms. The maximum atomic E-state index is 6.14. The summed E-state index contributed by atoms with van der Waals surface area (Å²) in [4.78, 5) is 4.50. The summed E-state index contributed by atoms with van der Waals surface area (Å²) >= 11 is 15.6. The molecule has 0 atom stereocenters. The number of fused-ring (bicyclic) bond motifs is 1. The van der Waals surface area contributed by atoms with Gasteiger partial charge in [-0.1, -0.05) is 57.3 Å². The highest BCUT2D eigenvalue weighted by atomic mass is 79.9. The number of rotatable bonds is 1. The maximum absolute atomic E-state index is 6.14. The van der Waals surface area contributed by atoms with Gasteiger partial charge in [-0.3, -0.25) is 4.40 Å². The normalized spacial score (nSPS) is 11.1. The summed E-state index contributed by atoms with van der Waals surface area (Å²) in [5, 5.41) is 0.984. The van der Waals surface area contributed by atoms with Gasteiger partial charge < -0.3 is 5.73 Å². The van der Waals surface area contributed by atoms with Crippen molar-refractivity contribution < 1.29 is 0 Å². The zero-order valence-corrected chi connectivity index (χ0v) is 12.7. The van der Waals surface area contributed by atoms with Crippen molar-refractivity contribution in [3.8, 4) is 11.3 Å². The number of hydrogen-bond acceptors (Lipinski definition) is 2. The molecule has 3 nitrogen and oxygen atoms in total. The lowest BCUT2D eigenvalue weighted by Gasteiger charge is -2.02. The summed E-state index contributed by atoms with van der Waals surface area (Å²) in [6, 6.07) is 9.39. The van der Waals surface area contributed by atoms with E-state index in [9.17, 15) is 0 Å². The molecule has 0 saturated carbocycles. The van der Waals surface area contributed by atoms with Crippen LogP contribution >= 0.6 is 39.1 Å². The molecule has 0 radical (unpaired) electrons. The quantitative estimate of drug-likeness (QED) is 0.689. The van der Waals surface area contributed by atoms with Crippen molar-refractivity contribution in [1.82, 2.24) is 9.38 Å². The minimum absolute atomic E-state index is 0.470. The fraction of sp³-hybridized carbons (Fsp3) is 0. The van der Waals surface area contributed by atoms with Crippen LogP contribution in [-0.2, 0) is 0 Å². The number of imidazole rings is 1. The van der Waals surface area contributed by atoms with Crippen LogP contribution in [-0.4, -0.2) is 9.38 Å². The topological polar surface area (TPSA) is 43.3 Å². The number of nitrogens with zero attached hydrogens (tertiary/aromatic N) is 2. The third kappa shape index (κ3) is 2.10. The van der Waals surface area contributed by atoms with Crippen LogP contribution in [0.3, 0.4) is 0 Å². The molecular weight excluding hydrogens is 349 g/mol. The minimum atomic E-state index is 0.470. The van der Waals surface area contributed by atoms with Crippen LogP contribution in [0, 0.1) is 0 Å². The van der Waals surface area contributed by atoms with Crippen molar-refractivity contribution in [2.75, 3.05) is 5.73 Å². The van der Waals surface area contributed by atoms with E-state index in [1.807, 2.05) is 24.3 Å². The molecule has 0 fully saturated rings. The molecule has 2 N–H and O–H groups in total. The highest BCUT2D eigenvalue weighted by Crippen LogP contribution is 2.34. The summed E-state index contributed by atoms with van der Waals surface area (Å²) in [7, 11) is 0. The van der Waals surface area contributed by atoms with Gasteiger partial charge in [-0.25, -0.2) is 4.98 Å². The number of anilines is 1. The summed E-state index contributed by atoms with van der Waals surface area (Å²) in [6.07, 6.45) is 1.70. The van der Waals surface area contributed by atoms with Gasteiger partial charge in [-0.2, -0.15) is 0 Å². The molecule has 2 aromatic heterocycles. The van der Waals surface area contributed by atoms with Crippen LogP contribution in [0.1, 0.15) is 0 Å². The zero-order chi connectivity index (χ0) is 13.6. The van der Waals surface area contributed by atoms with Gasteiger partial charge in [0.2, 0.25) is 0 Å². The van der Waals surface area contributed by atoms with Crippen molar-refractivity contribution in [1.29, 1.82) is 0 Å². The molecule has 0 spiro atoms. The summed E-state index contributed by atoms with van der Waals surface area (Å²) in [6.45, 7) is 0. The van der Waals surface area contributed by atoms with Crippen LogP contribution < -0.4 is 5.73 Å². The number of aromatic nitrogens is 2. The van der Waals surface area contributed by atoms with Gasteiger partial charge in [0.25, 0.3) is 0 Å². The van der Waals surface area contributed by atoms with Crippen molar-refractivity contribution >= 4 is 50.6 Å². The highest BCUT2D eigenvalue weighted by Gasteiger charge is 2.15. The second-order valence-electron chi connectivity index (χ2n) is 4.03. The molecule has 0 aliphatic rings. The first-order valence-corrected chi connectivity index (χ1v) is 7.00. The number of nitrogens with two attached hydrogens (primary N) is 1. The van der Waals surface area contributed by atoms with Gasteiger partial charge in [0.05, 0.1) is 10.0 Å². The Morgan fingerprint density at radius 2 is 1.95 bits per heavy atom. The van der Waals surface area contributed by atoms with E-state index >= 15 is 0 Å². The number of pyridine rings is 1. The van der Waals surface area contributed by atoms with E-state index in [4.69, 9.17) is 28.9 Å². The van der Waals surface area contributed by atoms with Gasteiger partial charge in [-0.15, -0.1) is 0 Å². The Labute approximate surface area is 128 Å². The van der Waals surface area contributed by atoms with Gasteiger partial charge >= 0.3 is 0 Å². The standard InChI is InChI=1S/C13H8BrCl2N3/c14-9-4-2-1-3-8(9)11-12(17)19-6-7(15)5-10(16)13(19)18-11/h1-6H,17H2. The Hall–Kier alpha value is -1.23. The summed E-state index contributed by atoms with van der Waals surface area (Å²) in [5.74, 6) is 0.506. The first kappa shape index (κ1) is 12.8. The number of nitrogen functional groups attached to an aromatic ring is 1. The van der Waals surface area contributed by atoms with E-state index in [2.05, 4.69) is 20.9 Å². The first-order valence-electron chi connectivity index (χ1n) is 5.45. The first-order chi connectivity index (χ1) is 9.08. The predicted octanol–water partition coefficient (Wildman–Crippen LogP) is 4.65. The van der Waals surface area contributed by atoms with E-state index in [1.54, 1.807) is 16.7 Å². The molecule has 1 aromatic carbocycles. The van der Waals surface area contributed by atoms with Crippen LogP contribution in [0.25, 0.3) is 16.9 Å². The van der Waals surface area contributed by atoms with Crippen molar-refractivity contribution in [3.05, 3.63) is 51.0 Å². The zero-order valence-electron chi connectivity index (χ0n) is 9.57. The smallest absolute Gasteiger partial charge is 0.158 e. The molecule has 0 amide bonds. The monoisotopic (exact) mass is 355 g/mol. The molecule has 0 saturated heterocycles. The van der Waals surface area contributed by atoms with Gasteiger partial charge in [0.15, 0.2) is 5.65 Å². The van der Waals surface area contributed by atoms with E-state index < -0.39 is 0 Å². The molecule has 3 rings (SSSR count). The highest BCUT2D eigenvalue weighted by molar-refractivity contribution is 9.10. The van der Waals surface area contributed by atoms with E-state index in [0.29, 0.717) is 27.2 Å². The van der Waals surface area contributed by atoms with Gasteiger partial charge in [-0.05, 0) is 12.1 Å². The van der Waals surface area contributed by atoms with Gasteiger partial charge in [0.1, 0.15) is 11.5 Å². The Bertz CT molecular complexity index is 783. The third-order valence-electron chi connectivity index (χ3n) is 2.81. The van der Waals surface area contributed by atoms with Crippen LogP contribution in [0.2, 0.25) is 10.0 Å². The second kappa shape index (κ2) is 4.71. The molecule has 0 bridgehead atoms. The molecule has 2 heterocycles. The Morgan fingerprint density at radius 3 is 2.68 bits per heavy atom. The average Bonchev–Trinajstić information content (AvgIpc) is 2.68. The van der Waals surface area contributed by atoms with E-state index in [0.717, 1.165) is 10.0 Å². The molecule has 6 heteroatoms. The number of hydrogen-bond donors (Lipinski definition) is 1. The van der Waals surface area contributed by atoms with Crippen molar-refractivity contribution in [2.45, 2.75) is 0 Å². The second-order valence-corrected chi connectivity index (χ2v) is 5.72. The fourth-order valence-electron chi connectivity index (χ4n) is 1.94.